The van der Waals surface area contributed by atoms with Crippen molar-refractivity contribution in [2.45, 2.75) is 25.4 Å². The summed E-state index contributed by atoms with van der Waals surface area (Å²) in [5.74, 6) is 0. The number of nitrogens with two attached hydrogens (primary N) is 1. The molecule has 100 valence electrons. The van der Waals surface area contributed by atoms with Gasteiger partial charge in [-0.25, -0.2) is 4.68 Å². The molecule has 0 aliphatic heterocycles. The van der Waals surface area contributed by atoms with Crippen LogP contribution in [0.25, 0.3) is 5.69 Å². The molecule has 4 nitrogen and oxygen atoms in total. The Morgan fingerprint density at radius 3 is 2.63 bits per heavy atom. The third-order valence-corrected chi connectivity index (χ3v) is 4.27. The van der Waals surface area contributed by atoms with E-state index in [9.17, 15) is 5.11 Å². The maximum atomic E-state index is 10.5. The fraction of sp³-hybridized carbons (Fsp3) is 0.400. The molecule has 1 atom stereocenters. The Morgan fingerprint density at radius 1 is 1.32 bits per heavy atom. The highest BCUT2D eigenvalue weighted by Gasteiger charge is 2.43. The van der Waals surface area contributed by atoms with Crippen LogP contribution in [0.4, 0.5) is 0 Å². The SMILES string of the molecule is NCC1(C(O)c2cnn(-c3ccccc3)c2)CCC1. The number of nitrogens with zero attached hydrogens (tertiary/aromatic N) is 2. The largest absolute Gasteiger partial charge is 0.388 e. The van der Waals surface area contributed by atoms with Crippen molar-refractivity contribution in [1.29, 1.82) is 0 Å². The third-order valence-electron chi connectivity index (χ3n) is 4.27. The molecule has 1 heterocycles. The topological polar surface area (TPSA) is 64.1 Å². The summed E-state index contributed by atoms with van der Waals surface area (Å²) >= 11 is 0. The Bertz CT molecular complexity index is 540. The second-order valence-electron chi connectivity index (χ2n) is 5.38. The number of benzene rings is 1. The molecule has 1 unspecified atom stereocenters. The standard InChI is InChI=1S/C15H19N3O/c16-11-15(7-4-8-15)14(19)12-9-17-18(10-12)13-5-2-1-3-6-13/h1-3,5-6,9-10,14,19H,4,7-8,11,16H2. The van der Waals surface area contributed by atoms with Crippen molar-refractivity contribution in [2.75, 3.05) is 6.54 Å². The minimum Gasteiger partial charge on any atom is -0.388 e. The summed E-state index contributed by atoms with van der Waals surface area (Å²) in [7, 11) is 0. The number of para-hydroxylation sites is 1. The summed E-state index contributed by atoms with van der Waals surface area (Å²) < 4.78 is 1.79. The van der Waals surface area contributed by atoms with Gasteiger partial charge in [0.2, 0.25) is 0 Å². The molecule has 1 fully saturated rings. The lowest BCUT2D eigenvalue weighted by molar-refractivity contribution is -0.0297. The van der Waals surface area contributed by atoms with E-state index in [4.69, 9.17) is 5.73 Å². The Hall–Kier alpha value is -1.65. The summed E-state index contributed by atoms with van der Waals surface area (Å²) in [5.41, 5.74) is 7.56. The molecular weight excluding hydrogens is 238 g/mol. The van der Waals surface area contributed by atoms with E-state index in [1.54, 1.807) is 10.9 Å². The lowest BCUT2D eigenvalue weighted by atomic mass is 9.64. The molecule has 1 aromatic heterocycles. The molecule has 1 aliphatic carbocycles. The normalized spacial score (nSPS) is 18.8. The van der Waals surface area contributed by atoms with Crippen molar-refractivity contribution in [3.8, 4) is 5.69 Å². The molecule has 19 heavy (non-hydrogen) atoms. The van der Waals surface area contributed by atoms with Crippen molar-refractivity contribution < 1.29 is 5.11 Å². The van der Waals surface area contributed by atoms with E-state index in [2.05, 4.69) is 5.10 Å². The minimum absolute atomic E-state index is 0.134. The first-order chi connectivity index (χ1) is 9.25. The summed E-state index contributed by atoms with van der Waals surface area (Å²) in [6.07, 6.45) is 6.29. The van der Waals surface area contributed by atoms with E-state index in [1.807, 2.05) is 36.5 Å². The van der Waals surface area contributed by atoms with E-state index in [0.29, 0.717) is 6.54 Å². The molecule has 0 amide bonds. The number of hydrogen-bond donors (Lipinski definition) is 2. The third kappa shape index (κ3) is 2.07. The van der Waals surface area contributed by atoms with Gasteiger partial charge in [-0.15, -0.1) is 0 Å². The number of rotatable bonds is 4. The van der Waals surface area contributed by atoms with Crippen LogP contribution < -0.4 is 5.73 Å². The van der Waals surface area contributed by atoms with Crippen LogP contribution in [0, 0.1) is 5.41 Å². The van der Waals surface area contributed by atoms with Gasteiger partial charge in [0.15, 0.2) is 0 Å². The van der Waals surface area contributed by atoms with Gasteiger partial charge < -0.3 is 10.8 Å². The van der Waals surface area contributed by atoms with Crippen LogP contribution in [0.3, 0.4) is 0 Å². The Kier molecular flexibility index (Phi) is 3.12. The lowest BCUT2D eigenvalue weighted by Crippen LogP contribution is -2.42. The molecular formula is C15H19N3O. The second-order valence-corrected chi connectivity index (χ2v) is 5.38. The molecule has 0 bridgehead atoms. The van der Waals surface area contributed by atoms with Gasteiger partial charge in [0.1, 0.15) is 0 Å². The fourth-order valence-corrected chi connectivity index (χ4v) is 2.77. The van der Waals surface area contributed by atoms with Gasteiger partial charge in [-0.3, -0.25) is 0 Å². The zero-order valence-electron chi connectivity index (χ0n) is 10.9. The monoisotopic (exact) mass is 257 g/mol. The fourth-order valence-electron chi connectivity index (χ4n) is 2.77. The molecule has 0 saturated heterocycles. The molecule has 3 rings (SSSR count). The van der Waals surface area contributed by atoms with Gasteiger partial charge in [0.05, 0.1) is 18.0 Å². The van der Waals surface area contributed by atoms with Crippen molar-refractivity contribution in [1.82, 2.24) is 9.78 Å². The average molecular weight is 257 g/mol. The maximum Gasteiger partial charge on any atom is 0.0888 e. The summed E-state index contributed by atoms with van der Waals surface area (Å²) in [4.78, 5) is 0. The van der Waals surface area contributed by atoms with Crippen LogP contribution in [-0.2, 0) is 0 Å². The summed E-state index contributed by atoms with van der Waals surface area (Å²) in [5, 5.41) is 14.8. The highest BCUT2D eigenvalue weighted by molar-refractivity contribution is 5.31. The number of aliphatic hydroxyl groups is 1. The van der Waals surface area contributed by atoms with Crippen LogP contribution in [0.15, 0.2) is 42.7 Å². The predicted octanol–water partition coefficient (Wildman–Crippen LogP) is 2.03. The molecule has 1 saturated carbocycles. The van der Waals surface area contributed by atoms with Gasteiger partial charge in [-0.2, -0.15) is 5.10 Å². The van der Waals surface area contributed by atoms with Gasteiger partial charge in [-0.05, 0) is 25.0 Å². The Balaban J connectivity index is 1.85. The van der Waals surface area contributed by atoms with E-state index in [1.165, 1.54) is 0 Å². The first-order valence-electron chi connectivity index (χ1n) is 6.73. The molecule has 4 heteroatoms. The quantitative estimate of drug-likeness (QED) is 0.881. The minimum atomic E-state index is -0.510. The van der Waals surface area contributed by atoms with Crippen LogP contribution in [0.2, 0.25) is 0 Å². The van der Waals surface area contributed by atoms with Gasteiger partial charge in [-0.1, -0.05) is 24.6 Å². The molecule has 0 spiro atoms. The second kappa shape index (κ2) is 4.79. The lowest BCUT2D eigenvalue weighted by Gasteiger charge is -2.44. The zero-order chi connectivity index (χ0) is 13.3. The Morgan fingerprint density at radius 2 is 2.05 bits per heavy atom. The molecule has 2 aromatic rings. The van der Waals surface area contributed by atoms with E-state index in [-0.39, 0.29) is 5.41 Å². The predicted molar refractivity (Wildman–Crippen MR) is 73.9 cm³/mol. The van der Waals surface area contributed by atoms with Crippen molar-refractivity contribution in [3.63, 3.8) is 0 Å². The first-order valence-corrected chi connectivity index (χ1v) is 6.73. The zero-order valence-corrected chi connectivity index (χ0v) is 10.9. The van der Waals surface area contributed by atoms with Crippen LogP contribution >= 0.6 is 0 Å². The maximum absolute atomic E-state index is 10.5. The number of aromatic nitrogens is 2. The van der Waals surface area contributed by atoms with Crippen LogP contribution in [-0.4, -0.2) is 21.4 Å². The number of aliphatic hydroxyl groups excluding tert-OH is 1. The smallest absolute Gasteiger partial charge is 0.0888 e. The average Bonchev–Trinajstić information content (AvgIpc) is 2.88. The molecule has 3 N–H and O–H groups in total. The van der Waals surface area contributed by atoms with Crippen molar-refractivity contribution in [2.24, 2.45) is 11.1 Å². The number of hydrogen-bond acceptors (Lipinski definition) is 3. The summed E-state index contributed by atoms with van der Waals surface area (Å²) in [6, 6.07) is 9.90. The molecule has 0 radical (unpaired) electrons. The molecule has 1 aromatic carbocycles. The van der Waals surface area contributed by atoms with E-state index in [0.717, 1.165) is 30.5 Å². The van der Waals surface area contributed by atoms with Crippen molar-refractivity contribution >= 4 is 0 Å². The van der Waals surface area contributed by atoms with Gasteiger partial charge in [0, 0.05) is 23.7 Å². The van der Waals surface area contributed by atoms with E-state index >= 15 is 0 Å². The van der Waals surface area contributed by atoms with Crippen molar-refractivity contribution in [3.05, 3.63) is 48.3 Å². The summed E-state index contributed by atoms with van der Waals surface area (Å²) in [6.45, 7) is 0.532. The highest BCUT2D eigenvalue weighted by Crippen LogP contribution is 2.49. The first kappa shape index (κ1) is 12.4. The molecule has 1 aliphatic rings. The highest BCUT2D eigenvalue weighted by atomic mass is 16.3. The van der Waals surface area contributed by atoms with Gasteiger partial charge >= 0.3 is 0 Å². The van der Waals surface area contributed by atoms with Gasteiger partial charge in [0.25, 0.3) is 0 Å². The van der Waals surface area contributed by atoms with Crippen LogP contribution in [0.5, 0.6) is 0 Å². The van der Waals surface area contributed by atoms with E-state index < -0.39 is 6.10 Å². The van der Waals surface area contributed by atoms with Crippen LogP contribution in [0.1, 0.15) is 30.9 Å². The Labute approximate surface area is 112 Å².